The van der Waals surface area contributed by atoms with Crippen molar-refractivity contribution in [1.29, 1.82) is 0 Å². The van der Waals surface area contributed by atoms with Crippen LogP contribution < -0.4 is 9.80 Å². The summed E-state index contributed by atoms with van der Waals surface area (Å²) in [7, 11) is 0. The van der Waals surface area contributed by atoms with E-state index in [9.17, 15) is 4.79 Å². The monoisotopic (exact) mass is 365 g/mol. The number of carbonyl (C=O) groups excluding carboxylic acids is 1. The summed E-state index contributed by atoms with van der Waals surface area (Å²) >= 11 is 0. The zero-order chi connectivity index (χ0) is 18.6. The molecule has 0 aliphatic carbocycles. The average Bonchev–Trinajstić information content (AvgIpc) is 3.23. The van der Waals surface area contributed by atoms with Crippen LogP contribution in [-0.4, -0.2) is 60.0 Å². The van der Waals surface area contributed by atoms with Crippen molar-refractivity contribution in [3.8, 4) is 0 Å². The molecule has 6 nitrogen and oxygen atoms in total. The second-order valence-electron chi connectivity index (χ2n) is 7.36. The van der Waals surface area contributed by atoms with E-state index >= 15 is 0 Å². The van der Waals surface area contributed by atoms with Gasteiger partial charge in [0.25, 0.3) is 0 Å². The van der Waals surface area contributed by atoms with Crippen LogP contribution in [0.1, 0.15) is 24.2 Å². The largest absolute Gasteiger partial charge is 0.356 e. The molecule has 142 valence electrons. The van der Waals surface area contributed by atoms with Crippen molar-refractivity contribution in [1.82, 2.24) is 14.9 Å². The van der Waals surface area contributed by atoms with Gasteiger partial charge in [-0.1, -0.05) is 30.3 Å². The molecule has 0 bridgehead atoms. The lowest BCUT2D eigenvalue weighted by Crippen LogP contribution is -2.49. The third-order valence-corrected chi connectivity index (χ3v) is 5.40. The molecule has 3 heterocycles. The van der Waals surface area contributed by atoms with Gasteiger partial charge in [0.2, 0.25) is 5.91 Å². The number of nitrogens with zero attached hydrogens (tertiary/aromatic N) is 5. The zero-order valence-corrected chi connectivity index (χ0v) is 16.0. The first-order chi connectivity index (χ1) is 13.2. The van der Waals surface area contributed by atoms with Crippen LogP contribution in [-0.2, 0) is 11.2 Å². The minimum Gasteiger partial charge on any atom is -0.356 e. The van der Waals surface area contributed by atoms with Crippen LogP contribution >= 0.6 is 0 Å². The number of benzene rings is 1. The van der Waals surface area contributed by atoms with Gasteiger partial charge in [-0.3, -0.25) is 4.79 Å². The van der Waals surface area contributed by atoms with Crippen molar-refractivity contribution >= 4 is 17.5 Å². The molecular weight excluding hydrogens is 338 g/mol. The Labute approximate surface area is 160 Å². The molecule has 4 rings (SSSR count). The van der Waals surface area contributed by atoms with Crippen LogP contribution in [0.3, 0.4) is 0 Å². The fourth-order valence-corrected chi connectivity index (χ4v) is 3.87. The summed E-state index contributed by atoms with van der Waals surface area (Å²) in [6.07, 6.45) is 2.95. The van der Waals surface area contributed by atoms with Gasteiger partial charge in [-0.2, -0.15) is 0 Å². The second-order valence-corrected chi connectivity index (χ2v) is 7.36. The summed E-state index contributed by atoms with van der Waals surface area (Å²) in [6.45, 7) is 7.24. The molecule has 0 atom stereocenters. The van der Waals surface area contributed by atoms with Crippen molar-refractivity contribution < 1.29 is 4.79 Å². The first kappa shape index (κ1) is 17.8. The average molecular weight is 365 g/mol. The lowest BCUT2D eigenvalue weighted by atomic mass is 10.1. The Balaban J connectivity index is 1.38. The Morgan fingerprint density at radius 1 is 0.889 bits per heavy atom. The molecular formula is C21H27N5O. The Hall–Kier alpha value is -2.63. The van der Waals surface area contributed by atoms with Gasteiger partial charge in [0.05, 0.1) is 6.42 Å². The second kappa shape index (κ2) is 7.94. The molecule has 6 heteroatoms. The summed E-state index contributed by atoms with van der Waals surface area (Å²) in [5.41, 5.74) is 1.08. The fourth-order valence-electron chi connectivity index (χ4n) is 3.87. The van der Waals surface area contributed by atoms with Crippen LogP contribution in [0.2, 0.25) is 0 Å². The van der Waals surface area contributed by atoms with Crippen molar-refractivity contribution in [2.24, 2.45) is 0 Å². The van der Waals surface area contributed by atoms with Crippen LogP contribution in [0.5, 0.6) is 0 Å². The van der Waals surface area contributed by atoms with Crippen LogP contribution in [0, 0.1) is 6.92 Å². The topological polar surface area (TPSA) is 52.6 Å². The molecule has 0 unspecified atom stereocenters. The fraction of sp³-hybridized carbons (Fsp3) is 0.476. The maximum atomic E-state index is 12.6. The molecule has 2 aromatic rings. The van der Waals surface area contributed by atoms with E-state index in [2.05, 4.69) is 25.8 Å². The van der Waals surface area contributed by atoms with Crippen molar-refractivity contribution in [3.63, 3.8) is 0 Å². The molecule has 1 amide bonds. The summed E-state index contributed by atoms with van der Waals surface area (Å²) in [4.78, 5) is 28.4. The minimum atomic E-state index is 0.206. The van der Waals surface area contributed by atoms with Gasteiger partial charge >= 0.3 is 0 Å². The quantitative estimate of drug-likeness (QED) is 0.832. The highest BCUT2D eigenvalue weighted by molar-refractivity contribution is 5.79. The Bertz CT molecular complexity index is 780. The van der Waals surface area contributed by atoms with Crippen LogP contribution in [0.15, 0.2) is 36.4 Å². The number of carbonyl (C=O) groups is 1. The Kier molecular flexibility index (Phi) is 5.23. The summed E-state index contributed by atoms with van der Waals surface area (Å²) < 4.78 is 0. The molecule has 0 N–H and O–H groups in total. The molecule has 2 aliphatic heterocycles. The lowest BCUT2D eigenvalue weighted by Gasteiger charge is -2.36. The predicted octanol–water partition coefficient (Wildman–Crippen LogP) is 2.28. The first-order valence-electron chi connectivity index (χ1n) is 9.86. The van der Waals surface area contributed by atoms with E-state index < -0.39 is 0 Å². The van der Waals surface area contributed by atoms with Gasteiger partial charge in [0.15, 0.2) is 0 Å². The number of rotatable bonds is 4. The number of aryl methyl sites for hydroxylation is 1. The highest BCUT2D eigenvalue weighted by Gasteiger charge is 2.23. The molecule has 2 aliphatic rings. The maximum absolute atomic E-state index is 12.6. The predicted molar refractivity (Wildman–Crippen MR) is 107 cm³/mol. The smallest absolute Gasteiger partial charge is 0.227 e. The van der Waals surface area contributed by atoms with Crippen molar-refractivity contribution in [3.05, 3.63) is 47.8 Å². The maximum Gasteiger partial charge on any atom is 0.227 e. The van der Waals surface area contributed by atoms with E-state index in [1.807, 2.05) is 42.2 Å². The number of hydrogen-bond donors (Lipinski definition) is 0. The molecule has 1 aromatic heterocycles. The van der Waals surface area contributed by atoms with Crippen molar-refractivity contribution in [2.45, 2.75) is 26.2 Å². The van der Waals surface area contributed by atoms with E-state index in [0.717, 1.165) is 62.3 Å². The number of hydrogen-bond acceptors (Lipinski definition) is 5. The van der Waals surface area contributed by atoms with E-state index in [1.165, 1.54) is 12.8 Å². The van der Waals surface area contributed by atoms with Gasteiger partial charge in [-0.05, 0) is 25.3 Å². The van der Waals surface area contributed by atoms with E-state index in [4.69, 9.17) is 0 Å². The molecule has 27 heavy (non-hydrogen) atoms. The number of aromatic nitrogens is 2. The Morgan fingerprint density at radius 2 is 1.48 bits per heavy atom. The van der Waals surface area contributed by atoms with Crippen molar-refractivity contribution in [2.75, 3.05) is 49.1 Å². The van der Waals surface area contributed by atoms with Gasteiger partial charge in [0.1, 0.15) is 17.5 Å². The molecule has 0 radical (unpaired) electrons. The van der Waals surface area contributed by atoms with Gasteiger partial charge in [-0.25, -0.2) is 9.97 Å². The standard InChI is InChI=1S/C21H27N5O/c1-17-22-19(24-9-5-6-10-24)16-20(23-17)25-11-13-26(14-12-25)21(27)15-18-7-3-2-4-8-18/h2-4,7-8,16H,5-6,9-15H2,1H3. The minimum absolute atomic E-state index is 0.206. The molecule has 0 saturated carbocycles. The molecule has 2 saturated heterocycles. The van der Waals surface area contributed by atoms with Crippen LogP contribution in [0.25, 0.3) is 0 Å². The van der Waals surface area contributed by atoms with Gasteiger partial charge in [0, 0.05) is 45.3 Å². The highest BCUT2D eigenvalue weighted by Crippen LogP contribution is 2.23. The first-order valence-corrected chi connectivity index (χ1v) is 9.86. The molecule has 1 aromatic carbocycles. The molecule has 2 fully saturated rings. The van der Waals surface area contributed by atoms with E-state index in [1.54, 1.807) is 0 Å². The molecule has 0 spiro atoms. The van der Waals surface area contributed by atoms with Crippen LogP contribution in [0.4, 0.5) is 11.6 Å². The summed E-state index contributed by atoms with van der Waals surface area (Å²) in [5.74, 6) is 3.05. The highest BCUT2D eigenvalue weighted by atomic mass is 16.2. The SMILES string of the molecule is Cc1nc(N2CCCC2)cc(N2CCN(C(=O)Cc3ccccc3)CC2)n1. The third-order valence-electron chi connectivity index (χ3n) is 5.40. The number of anilines is 2. The summed E-state index contributed by atoms with van der Waals surface area (Å²) in [5, 5.41) is 0. The lowest BCUT2D eigenvalue weighted by molar-refractivity contribution is -0.130. The van der Waals surface area contributed by atoms with Gasteiger partial charge in [-0.15, -0.1) is 0 Å². The number of amides is 1. The summed E-state index contributed by atoms with van der Waals surface area (Å²) in [6, 6.07) is 12.1. The number of piperazine rings is 1. The van der Waals surface area contributed by atoms with E-state index in [0.29, 0.717) is 6.42 Å². The van der Waals surface area contributed by atoms with E-state index in [-0.39, 0.29) is 5.91 Å². The van der Waals surface area contributed by atoms with Gasteiger partial charge < -0.3 is 14.7 Å². The normalized spacial score (nSPS) is 17.4. The third kappa shape index (κ3) is 4.21. The zero-order valence-electron chi connectivity index (χ0n) is 16.0. The Morgan fingerprint density at radius 3 is 2.11 bits per heavy atom.